The van der Waals surface area contributed by atoms with E-state index < -0.39 is 12.7 Å². The molecule has 0 aliphatic heterocycles. The standard InChI is InChI=1S/C12H15F4N/c1-9(7-17-8-12(14,15)16)6-10-4-2-3-5-11(10)13/h2-5,9,17H,6-8H2,1H3. The Morgan fingerprint density at radius 2 is 1.88 bits per heavy atom. The first-order valence-corrected chi connectivity index (χ1v) is 5.39. The fraction of sp³-hybridized carbons (Fsp3) is 0.500. The van der Waals surface area contributed by atoms with E-state index in [-0.39, 0.29) is 18.3 Å². The molecule has 0 aliphatic carbocycles. The van der Waals surface area contributed by atoms with Crippen molar-refractivity contribution in [2.75, 3.05) is 13.1 Å². The molecule has 0 bridgehead atoms. The van der Waals surface area contributed by atoms with E-state index in [0.29, 0.717) is 12.0 Å². The van der Waals surface area contributed by atoms with Crippen LogP contribution in [0.1, 0.15) is 12.5 Å². The molecule has 1 N–H and O–H groups in total. The number of halogens is 4. The van der Waals surface area contributed by atoms with E-state index in [2.05, 4.69) is 5.32 Å². The molecule has 96 valence electrons. The molecule has 1 aromatic carbocycles. The van der Waals surface area contributed by atoms with Crippen molar-refractivity contribution in [2.24, 2.45) is 5.92 Å². The van der Waals surface area contributed by atoms with Crippen molar-refractivity contribution < 1.29 is 17.6 Å². The van der Waals surface area contributed by atoms with E-state index >= 15 is 0 Å². The summed E-state index contributed by atoms with van der Waals surface area (Å²) in [6, 6.07) is 6.31. The van der Waals surface area contributed by atoms with Gasteiger partial charge in [0.25, 0.3) is 0 Å². The van der Waals surface area contributed by atoms with Crippen molar-refractivity contribution >= 4 is 0 Å². The molecular weight excluding hydrogens is 234 g/mol. The van der Waals surface area contributed by atoms with Crippen molar-refractivity contribution in [3.05, 3.63) is 35.6 Å². The van der Waals surface area contributed by atoms with Gasteiger partial charge in [0.1, 0.15) is 5.82 Å². The SMILES string of the molecule is CC(CNCC(F)(F)F)Cc1ccccc1F. The van der Waals surface area contributed by atoms with E-state index in [9.17, 15) is 17.6 Å². The van der Waals surface area contributed by atoms with Gasteiger partial charge in [-0.3, -0.25) is 0 Å². The van der Waals surface area contributed by atoms with E-state index in [1.165, 1.54) is 6.07 Å². The molecular formula is C12H15F4N. The quantitative estimate of drug-likeness (QED) is 0.790. The number of benzene rings is 1. The third kappa shape index (κ3) is 5.68. The van der Waals surface area contributed by atoms with Crippen LogP contribution >= 0.6 is 0 Å². The number of nitrogens with one attached hydrogen (secondary N) is 1. The summed E-state index contributed by atoms with van der Waals surface area (Å²) >= 11 is 0. The van der Waals surface area contributed by atoms with Crippen LogP contribution in [0.5, 0.6) is 0 Å². The van der Waals surface area contributed by atoms with Crippen molar-refractivity contribution in [3.8, 4) is 0 Å². The van der Waals surface area contributed by atoms with Gasteiger partial charge in [0.15, 0.2) is 0 Å². The lowest BCUT2D eigenvalue weighted by molar-refractivity contribution is -0.125. The fourth-order valence-electron chi connectivity index (χ4n) is 1.57. The molecule has 0 fully saturated rings. The molecule has 0 saturated carbocycles. The van der Waals surface area contributed by atoms with Crippen molar-refractivity contribution in [1.29, 1.82) is 0 Å². The van der Waals surface area contributed by atoms with Crippen molar-refractivity contribution in [2.45, 2.75) is 19.5 Å². The zero-order valence-corrected chi connectivity index (χ0v) is 9.52. The molecule has 17 heavy (non-hydrogen) atoms. The monoisotopic (exact) mass is 249 g/mol. The first-order chi connectivity index (χ1) is 7.88. The summed E-state index contributed by atoms with van der Waals surface area (Å²) in [6.07, 6.45) is -3.77. The van der Waals surface area contributed by atoms with Gasteiger partial charge in [0.2, 0.25) is 0 Å². The Bertz CT molecular complexity index is 349. The molecule has 0 amide bonds. The predicted molar refractivity (Wildman–Crippen MR) is 58.2 cm³/mol. The van der Waals surface area contributed by atoms with E-state index in [0.717, 1.165) is 0 Å². The average molecular weight is 249 g/mol. The van der Waals surface area contributed by atoms with Crippen LogP contribution in [0.15, 0.2) is 24.3 Å². The lowest BCUT2D eigenvalue weighted by atomic mass is 10.0. The third-order valence-corrected chi connectivity index (χ3v) is 2.34. The maximum atomic E-state index is 13.3. The molecule has 0 aliphatic rings. The second-order valence-corrected chi connectivity index (χ2v) is 4.15. The highest BCUT2D eigenvalue weighted by Crippen LogP contribution is 2.14. The molecule has 1 unspecified atom stereocenters. The molecule has 5 heteroatoms. The van der Waals surface area contributed by atoms with Gasteiger partial charge in [-0.2, -0.15) is 13.2 Å². The van der Waals surface area contributed by atoms with Crippen molar-refractivity contribution in [1.82, 2.24) is 5.32 Å². The fourth-order valence-corrected chi connectivity index (χ4v) is 1.57. The maximum Gasteiger partial charge on any atom is 0.401 e. The van der Waals surface area contributed by atoms with E-state index in [1.807, 2.05) is 0 Å². The Balaban J connectivity index is 2.35. The topological polar surface area (TPSA) is 12.0 Å². The van der Waals surface area contributed by atoms with Gasteiger partial charge in [-0.05, 0) is 30.5 Å². The van der Waals surface area contributed by atoms with Gasteiger partial charge in [-0.1, -0.05) is 25.1 Å². The first-order valence-electron chi connectivity index (χ1n) is 5.39. The van der Waals surface area contributed by atoms with Crippen LogP contribution in [0.2, 0.25) is 0 Å². The minimum Gasteiger partial charge on any atom is -0.308 e. The highest BCUT2D eigenvalue weighted by Gasteiger charge is 2.26. The summed E-state index contributed by atoms with van der Waals surface area (Å²) in [6.45, 7) is 0.998. The Kier molecular flexibility index (Phi) is 4.93. The summed E-state index contributed by atoms with van der Waals surface area (Å²) in [5.41, 5.74) is 0.536. The van der Waals surface area contributed by atoms with Gasteiger partial charge in [0, 0.05) is 0 Å². The number of rotatable bonds is 5. The van der Waals surface area contributed by atoms with Crippen LogP contribution in [0.3, 0.4) is 0 Å². The summed E-state index contributed by atoms with van der Waals surface area (Å²) in [7, 11) is 0. The van der Waals surface area contributed by atoms with E-state index in [4.69, 9.17) is 0 Å². The Morgan fingerprint density at radius 1 is 1.24 bits per heavy atom. The van der Waals surface area contributed by atoms with Gasteiger partial charge >= 0.3 is 6.18 Å². The molecule has 1 atom stereocenters. The Hall–Kier alpha value is -1.10. The second kappa shape index (κ2) is 6.00. The van der Waals surface area contributed by atoms with Gasteiger partial charge in [-0.15, -0.1) is 0 Å². The Labute approximate surface area is 97.8 Å². The molecule has 1 rings (SSSR count). The Morgan fingerprint density at radius 3 is 2.47 bits per heavy atom. The lowest BCUT2D eigenvalue weighted by Crippen LogP contribution is -2.32. The van der Waals surface area contributed by atoms with Crippen molar-refractivity contribution in [3.63, 3.8) is 0 Å². The number of hydrogen-bond acceptors (Lipinski definition) is 1. The molecule has 0 saturated heterocycles. The normalized spacial score (nSPS) is 13.7. The minimum atomic E-state index is -4.20. The van der Waals surface area contributed by atoms with Gasteiger partial charge in [-0.25, -0.2) is 4.39 Å². The van der Waals surface area contributed by atoms with Crippen LogP contribution < -0.4 is 5.32 Å². The summed E-state index contributed by atoms with van der Waals surface area (Å²) in [5.74, 6) is -0.357. The van der Waals surface area contributed by atoms with Gasteiger partial charge < -0.3 is 5.32 Å². The molecule has 0 radical (unpaired) electrons. The molecule has 0 aromatic heterocycles. The summed E-state index contributed by atoms with van der Waals surface area (Å²) in [5, 5.41) is 2.32. The molecule has 0 heterocycles. The largest absolute Gasteiger partial charge is 0.401 e. The second-order valence-electron chi connectivity index (χ2n) is 4.15. The average Bonchev–Trinajstić information content (AvgIpc) is 2.19. The smallest absolute Gasteiger partial charge is 0.308 e. The predicted octanol–water partition coefficient (Wildman–Crippen LogP) is 3.16. The third-order valence-electron chi connectivity index (χ3n) is 2.34. The maximum absolute atomic E-state index is 13.3. The highest BCUT2D eigenvalue weighted by atomic mass is 19.4. The first kappa shape index (κ1) is 14.0. The summed E-state index contributed by atoms with van der Waals surface area (Å²) in [4.78, 5) is 0. The van der Waals surface area contributed by atoms with E-state index in [1.54, 1.807) is 25.1 Å². The zero-order valence-electron chi connectivity index (χ0n) is 9.52. The van der Waals surface area contributed by atoms with Crippen LogP contribution in [0, 0.1) is 11.7 Å². The van der Waals surface area contributed by atoms with Crippen LogP contribution in [-0.2, 0) is 6.42 Å². The zero-order chi connectivity index (χ0) is 12.9. The van der Waals surface area contributed by atoms with Crippen LogP contribution in [-0.4, -0.2) is 19.3 Å². The number of hydrogen-bond donors (Lipinski definition) is 1. The molecule has 0 spiro atoms. The van der Waals surface area contributed by atoms with Crippen LogP contribution in [0.25, 0.3) is 0 Å². The minimum absolute atomic E-state index is 0.0470. The molecule has 1 nitrogen and oxygen atoms in total. The lowest BCUT2D eigenvalue weighted by Gasteiger charge is -2.14. The molecule has 1 aromatic rings. The summed E-state index contributed by atoms with van der Waals surface area (Å²) < 4.78 is 48.9. The van der Waals surface area contributed by atoms with Crippen LogP contribution in [0.4, 0.5) is 17.6 Å². The highest BCUT2D eigenvalue weighted by molar-refractivity contribution is 5.17. The number of alkyl halides is 3. The van der Waals surface area contributed by atoms with Gasteiger partial charge in [0.05, 0.1) is 6.54 Å².